The van der Waals surface area contributed by atoms with Crippen molar-refractivity contribution in [1.29, 1.82) is 5.41 Å². The van der Waals surface area contributed by atoms with E-state index in [9.17, 15) is 0 Å². The van der Waals surface area contributed by atoms with E-state index in [0.717, 1.165) is 25.4 Å². The van der Waals surface area contributed by atoms with Crippen molar-refractivity contribution in [2.24, 2.45) is 5.73 Å². The standard InChI is InChI=1S/C11H12N4S3/c1-2-16-7-4-3-5-8(9(7)10(12)13)17-11-14-6-15-18-11/h3-6H,2H2,1H3,(H3,12,13). The van der Waals surface area contributed by atoms with E-state index < -0.39 is 0 Å². The summed E-state index contributed by atoms with van der Waals surface area (Å²) in [6.07, 6.45) is 1.53. The molecule has 0 bridgehead atoms. The molecule has 2 aromatic rings. The van der Waals surface area contributed by atoms with E-state index in [1.54, 1.807) is 11.8 Å². The highest BCUT2D eigenvalue weighted by molar-refractivity contribution is 8.01. The number of benzene rings is 1. The summed E-state index contributed by atoms with van der Waals surface area (Å²) in [5.74, 6) is 1.05. The molecule has 0 fully saturated rings. The number of nitrogens with zero attached hydrogens (tertiary/aromatic N) is 2. The molecule has 2 rings (SSSR count). The van der Waals surface area contributed by atoms with E-state index in [4.69, 9.17) is 11.1 Å². The normalized spacial score (nSPS) is 10.5. The molecule has 0 saturated heterocycles. The van der Waals surface area contributed by atoms with E-state index in [0.29, 0.717) is 0 Å². The summed E-state index contributed by atoms with van der Waals surface area (Å²) in [5.41, 5.74) is 6.49. The predicted molar refractivity (Wildman–Crippen MR) is 77.9 cm³/mol. The van der Waals surface area contributed by atoms with E-state index in [1.165, 1.54) is 29.6 Å². The van der Waals surface area contributed by atoms with Crippen LogP contribution in [0.4, 0.5) is 0 Å². The number of amidine groups is 1. The molecule has 0 aliphatic heterocycles. The van der Waals surface area contributed by atoms with Crippen molar-refractivity contribution in [3.8, 4) is 0 Å². The van der Waals surface area contributed by atoms with Gasteiger partial charge in [-0.15, -0.1) is 11.8 Å². The second-order valence-corrected chi connectivity index (χ2v) is 6.66. The fourth-order valence-corrected chi connectivity index (χ4v) is 3.94. The van der Waals surface area contributed by atoms with Crippen LogP contribution in [0.25, 0.3) is 0 Å². The zero-order valence-electron chi connectivity index (χ0n) is 9.71. The maximum atomic E-state index is 7.74. The van der Waals surface area contributed by atoms with Gasteiger partial charge in [-0.3, -0.25) is 5.41 Å². The van der Waals surface area contributed by atoms with Gasteiger partial charge < -0.3 is 5.73 Å². The number of hydrogen-bond acceptors (Lipinski definition) is 6. The van der Waals surface area contributed by atoms with Crippen LogP contribution in [0.5, 0.6) is 0 Å². The number of nitrogens with one attached hydrogen (secondary N) is 1. The number of rotatable bonds is 5. The molecule has 1 aromatic heterocycles. The summed E-state index contributed by atoms with van der Waals surface area (Å²) >= 11 is 4.53. The number of nitrogens with two attached hydrogens (primary N) is 1. The molecule has 0 saturated carbocycles. The zero-order valence-corrected chi connectivity index (χ0v) is 12.2. The maximum absolute atomic E-state index is 7.74. The van der Waals surface area contributed by atoms with Crippen molar-refractivity contribution < 1.29 is 0 Å². The van der Waals surface area contributed by atoms with Crippen molar-refractivity contribution in [3.05, 3.63) is 30.1 Å². The molecule has 0 amide bonds. The Labute approximate surface area is 118 Å². The molecule has 3 N–H and O–H groups in total. The first-order valence-corrected chi connectivity index (χ1v) is 7.84. The van der Waals surface area contributed by atoms with Crippen LogP contribution < -0.4 is 5.73 Å². The first-order valence-electron chi connectivity index (χ1n) is 5.27. The van der Waals surface area contributed by atoms with Crippen molar-refractivity contribution >= 4 is 40.9 Å². The molecule has 1 aromatic carbocycles. The summed E-state index contributed by atoms with van der Waals surface area (Å²) in [5, 5.41) is 7.74. The Morgan fingerprint density at radius 1 is 1.44 bits per heavy atom. The molecule has 4 nitrogen and oxygen atoms in total. The summed E-state index contributed by atoms with van der Waals surface area (Å²) in [6.45, 7) is 2.08. The lowest BCUT2D eigenvalue weighted by molar-refractivity contribution is 1.20. The lowest BCUT2D eigenvalue weighted by Crippen LogP contribution is -2.13. The molecule has 7 heteroatoms. The zero-order chi connectivity index (χ0) is 13.0. The average Bonchev–Trinajstić information content (AvgIpc) is 2.82. The molecule has 0 unspecified atom stereocenters. The third-order valence-corrected chi connectivity index (χ3v) is 4.81. The van der Waals surface area contributed by atoms with E-state index in [2.05, 4.69) is 16.3 Å². The summed E-state index contributed by atoms with van der Waals surface area (Å²) in [4.78, 5) is 6.14. The van der Waals surface area contributed by atoms with Crippen LogP contribution in [0, 0.1) is 5.41 Å². The van der Waals surface area contributed by atoms with Crippen LogP contribution >= 0.6 is 35.1 Å². The molecule has 18 heavy (non-hydrogen) atoms. The third-order valence-electron chi connectivity index (χ3n) is 2.10. The van der Waals surface area contributed by atoms with E-state index >= 15 is 0 Å². The van der Waals surface area contributed by atoms with E-state index in [1.807, 2.05) is 18.2 Å². The molecule has 0 radical (unpaired) electrons. The van der Waals surface area contributed by atoms with Crippen molar-refractivity contribution in [1.82, 2.24) is 9.36 Å². The van der Waals surface area contributed by atoms with Gasteiger partial charge in [0.2, 0.25) is 0 Å². The number of hydrogen-bond donors (Lipinski definition) is 2. The van der Waals surface area contributed by atoms with Gasteiger partial charge in [-0.05, 0) is 29.4 Å². The molecule has 94 valence electrons. The van der Waals surface area contributed by atoms with Gasteiger partial charge in [0.1, 0.15) is 12.2 Å². The Kier molecular flexibility index (Phi) is 4.62. The van der Waals surface area contributed by atoms with Gasteiger partial charge in [0.25, 0.3) is 0 Å². The average molecular weight is 296 g/mol. The van der Waals surface area contributed by atoms with Crippen molar-refractivity contribution in [2.75, 3.05) is 5.75 Å². The molecule has 1 heterocycles. The van der Waals surface area contributed by atoms with Crippen molar-refractivity contribution in [2.45, 2.75) is 21.1 Å². The third kappa shape index (κ3) is 3.04. The quantitative estimate of drug-likeness (QED) is 0.504. The number of thioether (sulfide) groups is 1. The lowest BCUT2D eigenvalue weighted by atomic mass is 10.2. The Morgan fingerprint density at radius 2 is 2.22 bits per heavy atom. The highest BCUT2D eigenvalue weighted by Gasteiger charge is 2.13. The summed E-state index contributed by atoms with van der Waals surface area (Å²) in [7, 11) is 0. The topological polar surface area (TPSA) is 75.7 Å². The first kappa shape index (κ1) is 13.4. The van der Waals surface area contributed by atoms with Crippen LogP contribution in [-0.4, -0.2) is 20.9 Å². The minimum atomic E-state index is 0.0959. The smallest absolute Gasteiger partial charge is 0.174 e. The molecule has 0 atom stereocenters. The monoisotopic (exact) mass is 296 g/mol. The molecule has 0 aliphatic rings. The van der Waals surface area contributed by atoms with Gasteiger partial charge in [0.15, 0.2) is 4.34 Å². The van der Waals surface area contributed by atoms with Gasteiger partial charge in [0, 0.05) is 15.4 Å². The van der Waals surface area contributed by atoms with Crippen LogP contribution in [0.2, 0.25) is 0 Å². The second kappa shape index (κ2) is 6.21. The summed E-state index contributed by atoms with van der Waals surface area (Å²) < 4.78 is 4.83. The first-order chi connectivity index (χ1) is 8.72. The SMILES string of the molecule is CCSc1cccc(Sc2ncns2)c1C(=N)N. The van der Waals surface area contributed by atoms with Crippen LogP contribution in [0.3, 0.4) is 0 Å². The fraction of sp³-hybridized carbons (Fsp3) is 0.182. The maximum Gasteiger partial charge on any atom is 0.174 e. The molecule has 0 aliphatic carbocycles. The van der Waals surface area contributed by atoms with Crippen LogP contribution in [-0.2, 0) is 0 Å². The minimum Gasteiger partial charge on any atom is -0.384 e. The molecule has 0 spiro atoms. The summed E-state index contributed by atoms with van der Waals surface area (Å²) in [6, 6.07) is 5.94. The van der Waals surface area contributed by atoms with Gasteiger partial charge in [-0.1, -0.05) is 24.8 Å². The lowest BCUT2D eigenvalue weighted by Gasteiger charge is -2.11. The van der Waals surface area contributed by atoms with Gasteiger partial charge in [-0.2, -0.15) is 4.37 Å². The van der Waals surface area contributed by atoms with Crippen molar-refractivity contribution in [3.63, 3.8) is 0 Å². The number of aromatic nitrogens is 2. The Morgan fingerprint density at radius 3 is 2.83 bits per heavy atom. The largest absolute Gasteiger partial charge is 0.384 e. The highest BCUT2D eigenvalue weighted by atomic mass is 32.2. The molecular formula is C11H12N4S3. The van der Waals surface area contributed by atoms with E-state index in [-0.39, 0.29) is 5.84 Å². The number of nitrogen functional groups attached to an aromatic ring is 1. The molecular weight excluding hydrogens is 284 g/mol. The van der Waals surface area contributed by atoms with Gasteiger partial charge in [-0.25, -0.2) is 4.98 Å². The van der Waals surface area contributed by atoms with Gasteiger partial charge in [0.05, 0.1) is 0 Å². The van der Waals surface area contributed by atoms with Crippen LogP contribution in [0.1, 0.15) is 12.5 Å². The Bertz CT molecular complexity index is 539. The predicted octanol–water partition coefficient (Wildman–Crippen LogP) is 3.09. The fourth-order valence-electron chi connectivity index (χ4n) is 1.44. The Hall–Kier alpha value is -1.05. The minimum absolute atomic E-state index is 0.0959. The second-order valence-electron chi connectivity index (χ2n) is 3.29. The van der Waals surface area contributed by atoms with Crippen LogP contribution in [0.15, 0.2) is 38.7 Å². The Balaban J connectivity index is 2.39. The van der Waals surface area contributed by atoms with Gasteiger partial charge >= 0.3 is 0 Å². The highest BCUT2D eigenvalue weighted by Crippen LogP contribution is 2.35.